The molecule has 2 aromatic carbocycles. The molecular formula is C33H38N4O8. The van der Waals surface area contributed by atoms with Crippen LogP contribution in [0.5, 0.6) is 0 Å². The number of aromatic nitrogens is 1. The monoisotopic (exact) mass is 618 g/mol. The van der Waals surface area contributed by atoms with Gasteiger partial charge in [-0.1, -0.05) is 43.9 Å². The number of ketones is 2. The fourth-order valence-corrected chi connectivity index (χ4v) is 5.71. The summed E-state index contributed by atoms with van der Waals surface area (Å²) < 4.78 is 1.64. The summed E-state index contributed by atoms with van der Waals surface area (Å²) in [5.74, 6) is -1.80. The summed E-state index contributed by atoms with van der Waals surface area (Å²) in [5.41, 5.74) is 0.851. The number of hydrogen-bond donors (Lipinski definition) is 0. The van der Waals surface area contributed by atoms with E-state index in [0.29, 0.717) is 35.0 Å². The van der Waals surface area contributed by atoms with Crippen molar-refractivity contribution < 1.29 is 33.8 Å². The van der Waals surface area contributed by atoms with Crippen molar-refractivity contribution in [2.45, 2.75) is 79.1 Å². The molecular weight excluding hydrogens is 580 g/mol. The highest BCUT2D eigenvalue weighted by molar-refractivity contribution is 6.47. The van der Waals surface area contributed by atoms with E-state index in [1.165, 1.54) is 19.1 Å². The van der Waals surface area contributed by atoms with Gasteiger partial charge < -0.3 is 14.2 Å². The largest absolute Gasteiger partial charge is 0.338 e. The Morgan fingerprint density at radius 1 is 0.889 bits per heavy atom. The van der Waals surface area contributed by atoms with Gasteiger partial charge in [0, 0.05) is 59.3 Å². The minimum Gasteiger partial charge on any atom is -0.338 e. The van der Waals surface area contributed by atoms with Crippen molar-refractivity contribution in [3.63, 3.8) is 0 Å². The smallest absolute Gasteiger partial charge is 0.335 e. The maximum absolute atomic E-state index is 13.9. The van der Waals surface area contributed by atoms with Crippen LogP contribution in [0.3, 0.4) is 0 Å². The van der Waals surface area contributed by atoms with Crippen LogP contribution in [-0.4, -0.2) is 44.4 Å². The highest BCUT2D eigenvalue weighted by atomic mass is 16.7. The number of oxime groups is 2. The van der Waals surface area contributed by atoms with Gasteiger partial charge in [0.05, 0.1) is 4.92 Å². The topological polar surface area (TPSA) is 160 Å². The van der Waals surface area contributed by atoms with Crippen LogP contribution in [0.15, 0.2) is 40.6 Å². The SMILES string of the molecule is CCCC(=O)O/N=C(\C)C(=O)c1cc([N+](=O)[O-])c2c(c1)c1cc(C(=O)/C(=N/OC(=O)CCC)C3CCC(C)CC3)ccc1n2C. The third kappa shape index (κ3) is 7.33. The third-order valence-corrected chi connectivity index (χ3v) is 8.20. The Labute approximate surface area is 260 Å². The van der Waals surface area contributed by atoms with E-state index in [-0.39, 0.29) is 52.5 Å². The number of nitro benzene ring substituents is 1. The zero-order valence-corrected chi connectivity index (χ0v) is 26.3. The molecule has 1 saturated carbocycles. The van der Waals surface area contributed by atoms with Gasteiger partial charge in [-0.25, -0.2) is 9.59 Å². The molecule has 0 N–H and O–H groups in total. The molecule has 0 bridgehead atoms. The van der Waals surface area contributed by atoms with Crippen LogP contribution < -0.4 is 0 Å². The molecule has 238 valence electrons. The average molecular weight is 619 g/mol. The second-order valence-electron chi connectivity index (χ2n) is 11.6. The molecule has 3 aromatic rings. The number of non-ortho nitro benzene ring substituents is 1. The van der Waals surface area contributed by atoms with Crippen LogP contribution in [0.1, 0.15) is 99.8 Å². The molecule has 12 nitrogen and oxygen atoms in total. The fourth-order valence-electron chi connectivity index (χ4n) is 5.71. The van der Waals surface area contributed by atoms with Gasteiger partial charge >= 0.3 is 11.9 Å². The lowest BCUT2D eigenvalue weighted by atomic mass is 9.79. The zero-order chi connectivity index (χ0) is 32.8. The number of hydrogen-bond acceptors (Lipinski definition) is 10. The summed E-state index contributed by atoms with van der Waals surface area (Å²) in [7, 11) is 1.67. The quantitative estimate of drug-likeness (QED) is 0.0700. The van der Waals surface area contributed by atoms with Crippen molar-refractivity contribution in [3.8, 4) is 0 Å². The molecule has 0 radical (unpaired) electrons. The number of fused-ring (bicyclic) bond motifs is 3. The van der Waals surface area contributed by atoms with E-state index in [4.69, 9.17) is 9.68 Å². The Morgan fingerprint density at radius 3 is 2.09 bits per heavy atom. The number of benzene rings is 2. The lowest BCUT2D eigenvalue weighted by Gasteiger charge is -2.26. The third-order valence-electron chi connectivity index (χ3n) is 8.20. The Morgan fingerprint density at radius 2 is 1.49 bits per heavy atom. The van der Waals surface area contributed by atoms with E-state index in [1.54, 1.807) is 36.7 Å². The first kappa shape index (κ1) is 33.2. The van der Waals surface area contributed by atoms with Gasteiger partial charge in [0.15, 0.2) is 0 Å². The maximum Gasteiger partial charge on any atom is 0.335 e. The number of Topliss-reactive ketones (excluding diaryl/α,β-unsaturated/α-hetero) is 2. The number of aryl methyl sites for hydroxylation is 1. The Hall–Kier alpha value is -4.74. The van der Waals surface area contributed by atoms with Gasteiger partial charge in [-0.3, -0.25) is 19.7 Å². The number of carbonyl (C=O) groups excluding carboxylic acids is 4. The van der Waals surface area contributed by atoms with Crippen molar-refractivity contribution in [3.05, 3.63) is 51.6 Å². The first-order valence-corrected chi connectivity index (χ1v) is 15.3. The first-order chi connectivity index (χ1) is 21.5. The zero-order valence-electron chi connectivity index (χ0n) is 26.3. The fraction of sp³-hybridized carbons (Fsp3) is 0.455. The highest BCUT2D eigenvalue weighted by Gasteiger charge is 2.30. The average Bonchev–Trinajstić information content (AvgIpc) is 3.30. The minimum absolute atomic E-state index is 0.0207. The lowest BCUT2D eigenvalue weighted by molar-refractivity contribution is -0.383. The molecule has 1 aliphatic carbocycles. The Balaban J connectivity index is 1.81. The maximum atomic E-state index is 13.9. The van der Waals surface area contributed by atoms with Crippen LogP contribution in [0.2, 0.25) is 0 Å². The summed E-state index contributed by atoms with van der Waals surface area (Å²) in [6.07, 6.45) is 4.76. The van der Waals surface area contributed by atoms with Crippen LogP contribution >= 0.6 is 0 Å². The van der Waals surface area contributed by atoms with Crippen molar-refractivity contribution in [2.75, 3.05) is 0 Å². The molecule has 1 aromatic heterocycles. The van der Waals surface area contributed by atoms with E-state index < -0.39 is 28.4 Å². The molecule has 0 saturated heterocycles. The summed E-state index contributed by atoms with van der Waals surface area (Å²) in [6.45, 7) is 7.17. The minimum atomic E-state index is -0.650. The second kappa shape index (κ2) is 14.4. The van der Waals surface area contributed by atoms with Gasteiger partial charge in [-0.15, -0.1) is 0 Å². The van der Waals surface area contributed by atoms with Crippen LogP contribution in [0, 0.1) is 22.0 Å². The number of nitro groups is 1. The molecule has 12 heteroatoms. The normalized spacial score (nSPS) is 17.4. The lowest BCUT2D eigenvalue weighted by Crippen LogP contribution is -2.28. The number of nitrogens with zero attached hydrogens (tertiary/aromatic N) is 4. The Bertz CT molecular complexity index is 1730. The van der Waals surface area contributed by atoms with Gasteiger partial charge in [-0.2, -0.15) is 0 Å². The van der Waals surface area contributed by atoms with Gasteiger partial charge in [0.1, 0.15) is 16.9 Å². The van der Waals surface area contributed by atoms with E-state index in [9.17, 15) is 29.3 Å². The second-order valence-corrected chi connectivity index (χ2v) is 11.6. The van der Waals surface area contributed by atoms with E-state index >= 15 is 0 Å². The number of carbonyl (C=O) groups is 4. The summed E-state index contributed by atoms with van der Waals surface area (Å²) in [4.78, 5) is 72.6. The van der Waals surface area contributed by atoms with E-state index in [0.717, 1.165) is 25.7 Å². The van der Waals surface area contributed by atoms with E-state index in [1.807, 2.05) is 6.92 Å². The molecule has 1 heterocycles. The van der Waals surface area contributed by atoms with Crippen LogP contribution in [0.4, 0.5) is 5.69 Å². The summed E-state index contributed by atoms with van der Waals surface area (Å²) >= 11 is 0. The van der Waals surface area contributed by atoms with Crippen molar-refractivity contribution in [1.82, 2.24) is 4.57 Å². The van der Waals surface area contributed by atoms with E-state index in [2.05, 4.69) is 17.2 Å². The van der Waals surface area contributed by atoms with Crippen LogP contribution in [0.25, 0.3) is 21.8 Å². The molecule has 0 aliphatic heterocycles. The van der Waals surface area contributed by atoms with Gasteiger partial charge in [0.25, 0.3) is 5.69 Å². The predicted molar refractivity (Wildman–Crippen MR) is 169 cm³/mol. The molecule has 4 rings (SSSR count). The first-order valence-electron chi connectivity index (χ1n) is 15.3. The molecule has 0 amide bonds. The molecule has 0 unspecified atom stereocenters. The molecule has 0 spiro atoms. The van der Waals surface area contributed by atoms with Gasteiger partial charge in [-0.05, 0) is 62.8 Å². The molecule has 1 aliphatic rings. The summed E-state index contributed by atoms with van der Waals surface area (Å²) in [5, 5.41) is 20.8. The highest BCUT2D eigenvalue weighted by Crippen LogP contribution is 2.37. The molecule has 1 fully saturated rings. The predicted octanol–water partition coefficient (Wildman–Crippen LogP) is 6.85. The Kier molecular flexibility index (Phi) is 10.6. The molecule has 45 heavy (non-hydrogen) atoms. The van der Waals surface area contributed by atoms with Gasteiger partial charge in [0.2, 0.25) is 11.6 Å². The van der Waals surface area contributed by atoms with Crippen LogP contribution in [-0.2, 0) is 26.3 Å². The molecule has 0 atom stereocenters. The standard InChI is InChI=1S/C33H38N4O8/c1-6-8-28(38)44-34-20(4)32(40)23-17-25-24-16-22(14-15-26(24)36(5)31(25)27(18-23)37(42)43)33(41)30(35-45-29(39)9-7-2)21-12-10-19(3)11-13-21/h14-19,21H,6-13H2,1-5H3/b34-20+,35-30+. The van der Waals surface area contributed by atoms with Crippen molar-refractivity contribution in [1.29, 1.82) is 0 Å². The van der Waals surface area contributed by atoms with Crippen molar-refractivity contribution in [2.24, 2.45) is 29.2 Å². The summed E-state index contributed by atoms with van der Waals surface area (Å²) in [6, 6.07) is 7.62. The van der Waals surface area contributed by atoms with Crippen molar-refractivity contribution >= 4 is 62.4 Å². The number of rotatable bonds is 12.